The van der Waals surface area contributed by atoms with E-state index in [9.17, 15) is 69.9 Å². The van der Waals surface area contributed by atoms with Crippen LogP contribution in [0.2, 0.25) is 0 Å². The summed E-state index contributed by atoms with van der Waals surface area (Å²) >= 11 is 0. The number of hydrogen-bond acceptors (Lipinski definition) is 21. The molecule has 0 aliphatic carbocycles. The lowest BCUT2D eigenvalue weighted by molar-refractivity contribution is -0.282. The Morgan fingerprint density at radius 2 is 0.701 bits per heavy atom. The van der Waals surface area contributed by atoms with E-state index in [1.54, 1.807) is 27.9 Å². The van der Waals surface area contributed by atoms with Crippen molar-refractivity contribution < 1.29 is 103 Å². The van der Waals surface area contributed by atoms with Gasteiger partial charge in [-0.2, -0.15) is 0 Å². The van der Waals surface area contributed by atoms with Crippen LogP contribution in [0.3, 0.4) is 0 Å². The Kier molecular flexibility index (Phi) is 40.6. The smallest absolute Gasteiger partial charge is 0.220 e. The van der Waals surface area contributed by atoms with Gasteiger partial charge in [0.15, 0.2) is 18.9 Å². The highest BCUT2D eigenvalue weighted by atomic mass is 16.7. The van der Waals surface area contributed by atoms with Gasteiger partial charge in [-0.25, -0.2) is 0 Å². The molecule has 25 heteroatoms. The first-order valence-corrected chi connectivity index (χ1v) is 32.7. The fourth-order valence-corrected chi connectivity index (χ4v) is 11.2. The maximum absolute atomic E-state index is 13.9. The van der Waals surface area contributed by atoms with Gasteiger partial charge in [-0.15, -0.1) is 0 Å². The maximum atomic E-state index is 13.9. The number of amides is 4. The Morgan fingerprint density at radius 1 is 0.379 bits per heavy atom. The number of ketones is 1. The zero-order chi connectivity index (χ0) is 64.0. The molecule has 3 aliphatic heterocycles. The minimum atomic E-state index is -1.21. The molecule has 25 nitrogen and oxygen atoms in total. The zero-order valence-corrected chi connectivity index (χ0v) is 52.7. The summed E-state index contributed by atoms with van der Waals surface area (Å²) in [5.41, 5.74) is -1.12. The van der Waals surface area contributed by atoms with Crippen LogP contribution in [0.5, 0.6) is 0 Å². The van der Waals surface area contributed by atoms with Crippen molar-refractivity contribution in [3.8, 4) is 0 Å². The number of hydrogen-bond donors (Lipinski definition) is 13. The van der Waals surface area contributed by atoms with E-state index >= 15 is 0 Å². The number of carbonyl (C=O) groups is 5. The van der Waals surface area contributed by atoms with Crippen LogP contribution in [-0.2, 0) is 57.1 Å². The van der Waals surface area contributed by atoms with E-state index in [0.29, 0.717) is 91.0 Å². The highest BCUT2D eigenvalue weighted by molar-refractivity contribution is 5.81. The lowest BCUT2D eigenvalue weighted by Crippen LogP contribution is -2.55. The standard InChI is InChI=1S/C62H114N4O21/c1-42-53(75)56(78)46(39-67)85-59(42)82-36-19-10-5-6-14-23-45(70)26-29-62(66-52(74)25-22-24-49(71)63-32-15-7-11-18-35-81-4,30-27-50(72)64-33-16-8-12-20-37-83-60-43(2)54(76)57(79)47(40-68)86-60)31-28-51(73)65-34-17-9-13-21-38-84-61-44(3)55(77)58(80)48(41-69)87-61/h42-44,46-48,53-61,67-69,75-80H,5-41H2,1-4H3,(H,63,71)(H,64,72)(H,65,73)(H,66,74)/t42?,43?,44?,46?,47?,48?,53-,54-,55-,56+,57+,58+,59-,60-,61-,62?/m1/s1. The molecule has 3 fully saturated rings. The molecule has 0 saturated carbocycles. The summed E-state index contributed by atoms with van der Waals surface area (Å²) in [4.78, 5) is 67.4. The van der Waals surface area contributed by atoms with Crippen molar-refractivity contribution in [2.75, 3.05) is 73.0 Å². The molecule has 13 N–H and O–H groups in total. The van der Waals surface area contributed by atoms with Crippen LogP contribution in [-0.4, -0.2) is 228 Å². The lowest BCUT2D eigenvalue weighted by Gasteiger charge is -2.40. The average molecular weight is 1250 g/mol. The second-order valence-corrected chi connectivity index (χ2v) is 24.3. The summed E-state index contributed by atoms with van der Waals surface area (Å²) in [5.74, 6) is -2.49. The molecule has 4 amide bonds. The SMILES string of the molecule is COCCCCCCNC(=O)CCCC(=O)NC(CCC(=O)CCCCCCCO[C@@H]1OC(CO)[C@H](O)[C@H](O)C1C)(CCC(=O)NCCCCCCO[C@@H]1OC(CO)[C@H](O)[C@H](O)C1C)CCC(=O)NCCCCCCO[C@@H]1OC(CO)[C@H](O)[C@H](O)C1C. The summed E-state index contributed by atoms with van der Waals surface area (Å²) in [6, 6.07) is 0. The molecule has 3 rings (SSSR count). The fraction of sp³-hybridized carbons (Fsp3) is 0.919. The van der Waals surface area contributed by atoms with Gasteiger partial charge in [0, 0.05) is 115 Å². The number of methoxy groups -OCH3 is 1. The number of Topliss-reactive ketones (excluding diaryl/α,β-unsaturated/α-hetero) is 1. The number of unbranched alkanes of at least 4 members (excludes halogenated alkanes) is 13. The maximum Gasteiger partial charge on any atom is 0.220 e. The zero-order valence-electron chi connectivity index (χ0n) is 52.7. The highest BCUT2D eigenvalue weighted by Gasteiger charge is 2.45. The summed E-state index contributed by atoms with van der Waals surface area (Å²) in [5, 5.41) is 102. The van der Waals surface area contributed by atoms with Crippen LogP contribution in [0, 0.1) is 17.8 Å². The second-order valence-electron chi connectivity index (χ2n) is 24.3. The minimum absolute atomic E-state index is 0.00680. The summed E-state index contributed by atoms with van der Waals surface area (Å²) < 4.78 is 39.6. The Balaban J connectivity index is 1.59. The van der Waals surface area contributed by atoms with Gasteiger partial charge < -0.3 is 100 Å². The van der Waals surface area contributed by atoms with Crippen LogP contribution in [0.15, 0.2) is 0 Å². The summed E-state index contributed by atoms with van der Waals surface area (Å²) in [6.07, 6.45) is 2.61. The molecule has 3 saturated heterocycles. The van der Waals surface area contributed by atoms with Crippen molar-refractivity contribution in [2.24, 2.45) is 17.8 Å². The number of nitrogens with one attached hydrogen (secondary N) is 4. The first-order valence-electron chi connectivity index (χ1n) is 32.7. The van der Waals surface area contributed by atoms with Crippen LogP contribution in [0.4, 0.5) is 0 Å². The van der Waals surface area contributed by atoms with Crippen molar-refractivity contribution >= 4 is 29.4 Å². The van der Waals surface area contributed by atoms with Gasteiger partial charge in [-0.1, -0.05) is 78.6 Å². The molecule has 0 radical (unpaired) electrons. The summed E-state index contributed by atoms with van der Waals surface area (Å²) in [6.45, 7) is 6.82. The Labute approximate surface area is 516 Å². The van der Waals surface area contributed by atoms with E-state index in [-0.39, 0.29) is 87.2 Å². The predicted octanol–water partition coefficient (Wildman–Crippen LogP) is 2.21. The molecule has 508 valence electrons. The van der Waals surface area contributed by atoms with Gasteiger partial charge in [0.25, 0.3) is 0 Å². The van der Waals surface area contributed by atoms with Gasteiger partial charge in [0.1, 0.15) is 42.4 Å². The van der Waals surface area contributed by atoms with Crippen LogP contribution in [0.1, 0.15) is 194 Å². The summed E-state index contributed by atoms with van der Waals surface area (Å²) in [7, 11) is 1.67. The molecule has 0 aromatic rings. The third-order valence-electron chi connectivity index (χ3n) is 17.1. The predicted molar refractivity (Wildman–Crippen MR) is 320 cm³/mol. The third-order valence-corrected chi connectivity index (χ3v) is 17.1. The Bertz CT molecular complexity index is 1710. The number of aliphatic hydroxyl groups is 9. The van der Waals surface area contributed by atoms with E-state index in [2.05, 4.69) is 21.3 Å². The van der Waals surface area contributed by atoms with Crippen molar-refractivity contribution in [2.45, 2.75) is 273 Å². The number of aliphatic hydroxyl groups excluding tert-OH is 9. The number of ether oxygens (including phenoxy) is 7. The molecule has 3 aliphatic rings. The first-order chi connectivity index (χ1) is 41.8. The molecule has 0 spiro atoms. The van der Waals surface area contributed by atoms with E-state index in [1.165, 1.54) is 0 Å². The molecular weight excluding hydrogens is 1140 g/mol. The largest absolute Gasteiger partial charge is 0.394 e. The average Bonchev–Trinajstić information content (AvgIpc) is 3.09. The molecule has 6 unspecified atom stereocenters. The topological polar surface area (TPSA) is 380 Å². The van der Waals surface area contributed by atoms with E-state index in [4.69, 9.17) is 33.2 Å². The first kappa shape index (κ1) is 78.2. The minimum Gasteiger partial charge on any atom is -0.394 e. The number of rotatable bonds is 49. The van der Waals surface area contributed by atoms with Crippen LogP contribution >= 0.6 is 0 Å². The molecule has 3 heterocycles. The van der Waals surface area contributed by atoms with Crippen LogP contribution in [0.25, 0.3) is 0 Å². The molecule has 0 aromatic heterocycles. The lowest BCUT2D eigenvalue weighted by atomic mass is 9.82. The van der Waals surface area contributed by atoms with Crippen molar-refractivity contribution in [1.82, 2.24) is 21.3 Å². The Hall–Kier alpha value is -3.09. The van der Waals surface area contributed by atoms with Gasteiger partial charge in [0.2, 0.25) is 23.6 Å². The molecular formula is C62H114N4O21. The fourth-order valence-electron chi connectivity index (χ4n) is 11.2. The van der Waals surface area contributed by atoms with Crippen molar-refractivity contribution in [3.63, 3.8) is 0 Å². The van der Waals surface area contributed by atoms with Crippen molar-refractivity contribution in [3.05, 3.63) is 0 Å². The molecule has 87 heavy (non-hydrogen) atoms. The normalized spacial score (nSPS) is 28.2. The van der Waals surface area contributed by atoms with Gasteiger partial charge in [-0.3, -0.25) is 24.0 Å². The van der Waals surface area contributed by atoms with Gasteiger partial charge in [0.05, 0.1) is 38.1 Å². The highest BCUT2D eigenvalue weighted by Crippen LogP contribution is 2.31. The number of carbonyl (C=O) groups excluding carboxylic acids is 5. The Morgan fingerprint density at radius 3 is 1.08 bits per heavy atom. The van der Waals surface area contributed by atoms with Crippen LogP contribution < -0.4 is 21.3 Å². The van der Waals surface area contributed by atoms with Crippen molar-refractivity contribution in [1.29, 1.82) is 0 Å². The van der Waals surface area contributed by atoms with Gasteiger partial charge in [-0.05, 0) is 77.0 Å². The quantitative estimate of drug-likeness (QED) is 0.0388. The molecule has 15 atom stereocenters. The van der Waals surface area contributed by atoms with Gasteiger partial charge >= 0.3 is 0 Å². The molecule has 0 bridgehead atoms. The van der Waals surface area contributed by atoms with E-state index in [1.807, 2.05) is 0 Å². The monoisotopic (exact) mass is 1250 g/mol. The molecule has 0 aromatic carbocycles. The van der Waals surface area contributed by atoms with E-state index < -0.39 is 117 Å². The second kappa shape index (κ2) is 45.2. The van der Waals surface area contributed by atoms with E-state index in [0.717, 1.165) is 70.6 Å². The third kappa shape index (κ3) is 30.3.